The van der Waals surface area contributed by atoms with Crippen LogP contribution in [0, 0.1) is 17.6 Å². The van der Waals surface area contributed by atoms with Crippen LogP contribution in [0.4, 0.5) is 19.3 Å². The molecule has 3 amide bonds. The van der Waals surface area contributed by atoms with Gasteiger partial charge in [-0.3, -0.25) is 4.79 Å². The minimum Gasteiger partial charge on any atom is -0.359 e. The highest BCUT2D eigenvalue weighted by atomic mass is 19.2. The standard InChI is InChI=1S/C13H17F2N3O2/c1-8(12(19)16-2)7-18(3)13(20)17-10-6-4-5-9(14)11(10)15/h4-6,8H,7H2,1-3H3,(H,16,19)(H,17,20)/t8-/m1/s1. The molecular formula is C13H17F2N3O2. The van der Waals surface area contributed by atoms with Crippen molar-refractivity contribution < 1.29 is 18.4 Å². The lowest BCUT2D eigenvalue weighted by Crippen LogP contribution is -2.39. The van der Waals surface area contributed by atoms with Crippen molar-refractivity contribution >= 4 is 17.6 Å². The molecule has 0 aromatic heterocycles. The summed E-state index contributed by atoms with van der Waals surface area (Å²) in [6.45, 7) is 1.81. The third-order valence-corrected chi connectivity index (χ3v) is 2.78. The Morgan fingerprint density at radius 2 is 2.00 bits per heavy atom. The van der Waals surface area contributed by atoms with Gasteiger partial charge in [-0.05, 0) is 12.1 Å². The van der Waals surface area contributed by atoms with E-state index >= 15 is 0 Å². The highest BCUT2D eigenvalue weighted by Crippen LogP contribution is 2.17. The first kappa shape index (κ1) is 15.9. The highest BCUT2D eigenvalue weighted by Gasteiger charge is 2.18. The summed E-state index contributed by atoms with van der Waals surface area (Å²) < 4.78 is 26.4. The largest absolute Gasteiger partial charge is 0.359 e. The Morgan fingerprint density at radius 1 is 1.35 bits per heavy atom. The summed E-state index contributed by atoms with van der Waals surface area (Å²) in [5.41, 5.74) is -0.241. The van der Waals surface area contributed by atoms with Gasteiger partial charge >= 0.3 is 6.03 Å². The number of urea groups is 1. The molecule has 2 N–H and O–H groups in total. The molecule has 1 rings (SSSR count). The van der Waals surface area contributed by atoms with Crippen LogP contribution in [0.15, 0.2) is 18.2 Å². The van der Waals surface area contributed by atoms with Crippen LogP contribution < -0.4 is 10.6 Å². The maximum absolute atomic E-state index is 13.4. The summed E-state index contributed by atoms with van der Waals surface area (Å²) in [5, 5.41) is 4.72. The number of nitrogens with zero attached hydrogens (tertiary/aromatic N) is 1. The number of anilines is 1. The van der Waals surface area contributed by atoms with Gasteiger partial charge in [0, 0.05) is 20.6 Å². The van der Waals surface area contributed by atoms with E-state index in [0.29, 0.717) is 0 Å². The van der Waals surface area contributed by atoms with Crippen LogP contribution in [0.25, 0.3) is 0 Å². The van der Waals surface area contributed by atoms with Crippen molar-refractivity contribution in [2.75, 3.05) is 26.0 Å². The van der Waals surface area contributed by atoms with Crippen LogP contribution in [0.3, 0.4) is 0 Å². The quantitative estimate of drug-likeness (QED) is 0.886. The van der Waals surface area contributed by atoms with E-state index in [-0.39, 0.29) is 18.1 Å². The second kappa shape index (κ2) is 6.83. The monoisotopic (exact) mass is 285 g/mol. The summed E-state index contributed by atoms with van der Waals surface area (Å²) >= 11 is 0. The molecule has 0 spiro atoms. The van der Waals surface area contributed by atoms with Crippen molar-refractivity contribution in [3.05, 3.63) is 29.8 Å². The second-order valence-electron chi connectivity index (χ2n) is 4.43. The normalized spacial score (nSPS) is 11.7. The van der Waals surface area contributed by atoms with Crippen LogP contribution in [0.1, 0.15) is 6.92 Å². The molecule has 0 saturated heterocycles. The van der Waals surface area contributed by atoms with E-state index in [9.17, 15) is 18.4 Å². The molecule has 110 valence electrons. The maximum atomic E-state index is 13.4. The molecule has 0 aliphatic rings. The first-order chi connectivity index (χ1) is 9.36. The lowest BCUT2D eigenvalue weighted by atomic mass is 10.1. The summed E-state index contributed by atoms with van der Waals surface area (Å²) in [7, 11) is 2.97. The van der Waals surface area contributed by atoms with Gasteiger partial charge < -0.3 is 15.5 Å². The Kier molecular flexibility index (Phi) is 5.42. The SMILES string of the molecule is CNC(=O)[C@H](C)CN(C)C(=O)Nc1cccc(F)c1F. The number of rotatable bonds is 4. The molecule has 0 heterocycles. The average Bonchev–Trinajstić information content (AvgIpc) is 2.42. The van der Waals surface area contributed by atoms with Crippen molar-refractivity contribution in [3.63, 3.8) is 0 Å². The van der Waals surface area contributed by atoms with Crippen molar-refractivity contribution in [2.45, 2.75) is 6.92 Å². The molecule has 0 radical (unpaired) electrons. The van der Waals surface area contributed by atoms with Crippen LogP contribution >= 0.6 is 0 Å². The zero-order valence-electron chi connectivity index (χ0n) is 11.5. The molecule has 1 aromatic carbocycles. The van der Waals surface area contributed by atoms with Crippen molar-refractivity contribution in [2.24, 2.45) is 5.92 Å². The van der Waals surface area contributed by atoms with E-state index in [1.807, 2.05) is 0 Å². The molecule has 7 heteroatoms. The van der Waals surface area contributed by atoms with Gasteiger partial charge in [-0.15, -0.1) is 0 Å². The first-order valence-electron chi connectivity index (χ1n) is 6.04. The molecular weight excluding hydrogens is 268 g/mol. The van der Waals surface area contributed by atoms with Crippen molar-refractivity contribution in [1.82, 2.24) is 10.2 Å². The summed E-state index contributed by atoms with van der Waals surface area (Å²) in [4.78, 5) is 24.4. The Hall–Kier alpha value is -2.18. The van der Waals surface area contributed by atoms with E-state index in [4.69, 9.17) is 0 Å². The highest BCUT2D eigenvalue weighted by molar-refractivity contribution is 5.89. The average molecular weight is 285 g/mol. The zero-order valence-corrected chi connectivity index (χ0v) is 11.5. The van der Waals surface area contributed by atoms with E-state index in [1.54, 1.807) is 6.92 Å². The third kappa shape index (κ3) is 3.91. The second-order valence-corrected chi connectivity index (χ2v) is 4.43. The van der Waals surface area contributed by atoms with E-state index < -0.39 is 23.6 Å². The van der Waals surface area contributed by atoms with Crippen molar-refractivity contribution in [3.8, 4) is 0 Å². The molecule has 5 nitrogen and oxygen atoms in total. The van der Waals surface area contributed by atoms with Crippen LogP contribution in [0.5, 0.6) is 0 Å². The first-order valence-corrected chi connectivity index (χ1v) is 6.04. The number of nitrogens with one attached hydrogen (secondary N) is 2. The molecule has 20 heavy (non-hydrogen) atoms. The zero-order chi connectivity index (χ0) is 15.3. The van der Waals surface area contributed by atoms with Gasteiger partial charge in [0.25, 0.3) is 0 Å². The van der Waals surface area contributed by atoms with Crippen LogP contribution in [0.2, 0.25) is 0 Å². The number of halogens is 2. The number of hydrogen-bond acceptors (Lipinski definition) is 2. The molecule has 1 atom stereocenters. The summed E-state index contributed by atoms with van der Waals surface area (Å²) in [6, 6.07) is 2.89. The fourth-order valence-electron chi connectivity index (χ4n) is 1.63. The third-order valence-electron chi connectivity index (χ3n) is 2.78. The molecule has 0 fully saturated rings. The minimum atomic E-state index is -1.12. The molecule has 0 saturated carbocycles. The maximum Gasteiger partial charge on any atom is 0.321 e. The van der Waals surface area contributed by atoms with Gasteiger partial charge in [0.2, 0.25) is 5.91 Å². The van der Waals surface area contributed by atoms with Gasteiger partial charge in [-0.2, -0.15) is 0 Å². The molecule has 1 aromatic rings. The van der Waals surface area contributed by atoms with E-state index in [2.05, 4.69) is 10.6 Å². The Balaban J connectivity index is 2.66. The number of carbonyl (C=O) groups is 2. The molecule has 0 aliphatic heterocycles. The number of carbonyl (C=O) groups excluding carboxylic acids is 2. The van der Waals surface area contributed by atoms with Gasteiger partial charge in [0.15, 0.2) is 11.6 Å². The smallest absolute Gasteiger partial charge is 0.321 e. The Morgan fingerprint density at radius 3 is 2.60 bits per heavy atom. The molecule has 0 bridgehead atoms. The summed E-state index contributed by atoms with van der Waals surface area (Å²) in [5.74, 6) is -2.77. The topological polar surface area (TPSA) is 61.4 Å². The fraction of sp³-hybridized carbons (Fsp3) is 0.385. The Labute approximate surface area is 115 Å². The van der Waals surface area contributed by atoms with E-state index in [0.717, 1.165) is 6.07 Å². The number of benzene rings is 1. The van der Waals surface area contributed by atoms with Crippen LogP contribution in [-0.2, 0) is 4.79 Å². The van der Waals surface area contributed by atoms with Gasteiger partial charge in [-0.1, -0.05) is 13.0 Å². The minimum absolute atomic E-state index is 0.155. The lowest BCUT2D eigenvalue weighted by molar-refractivity contribution is -0.124. The number of amides is 3. The summed E-state index contributed by atoms with van der Waals surface area (Å²) in [6.07, 6.45) is 0. The van der Waals surface area contributed by atoms with Gasteiger partial charge in [0.1, 0.15) is 0 Å². The molecule has 0 unspecified atom stereocenters. The number of hydrogen-bond donors (Lipinski definition) is 2. The van der Waals surface area contributed by atoms with Gasteiger partial charge in [0.05, 0.1) is 11.6 Å². The predicted molar refractivity (Wildman–Crippen MR) is 71.2 cm³/mol. The Bertz CT molecular complexity index is 508. The lowest BCUT2D eigenvalue weighted by Gasteiger charge is -2.21. The van der Waals surface area contributed by atoms with Crippen LogP contribution in [-0.4, -0.2) is 37.5 Å². The van der Waals surface area contributed by atoms with Gasteiger partial charge in [-0.25, -0.2) is 13.6 Å². The molecule has 0 aliphatic carbocycles. The fourth-order valence-corrected chi connectivity index (χ4v) is 1.63. The van der Waals surface area contributed by atoms with E-state index in [1.165, 1.54) is 31.1 Å². The van der Waals surface area contributed by atoms with Crippen molar-refractivity contribution in [1.29, 1.82) is 0 Å². The predicted octanol–water partition coefficient (Wildman–Crippen LogP) is 1.81.